The SMILES string of the molecule is CCN(C(=O)Cn1cnc2c(cnn2-c2cccc(C(F)(F)F)c2)c1=O)C1=CCCC1. The maximum atomic E-state index is 13.0. The highest BCUT2D eigenvalue weighted by Gasteiger charge is 2.30. The van der Waals surface area contributed by atoms with E-state index >= 15 is 0 Å². The van der Waals surface area contributed by atoms with Crippen LogP contribution in [0.2, 0.25) is 0 Å². The molecule has 0 saturated heterocycles. The van der Waals surface area contributed by atoms with Gasteiger partial charge in [-0.05, 0) is 44.4 Å². The third-order valence-corrected chi connectivity index (χ3v) is 5.26. The van der Waals surface area contributed by atoms with Gasteiger partial charge in [0.25, 0.3) is 5.56 Å². The molecule has 4 rings (SSSR count). The molecule has 7 nitrogen and oxygen atoms in total. The summed E-state index contributed by atoms with van der Waals surface area (Å²) in [6.07, 6.45) is 2.77. The van der Waals surface area contributed by atoms with Gasteiger partial charge in [-0.1, -0.05) is 12.1 Å². The van der Waals surface area contributed by atoms with E-state index < -0.39 is 17.3 Å². The van der Waals surface area contributed by atoms with Crippen LogP contribution in [0, 0.1) is 0 Å². The van der Waals surface area contributed by atoms with Crippen molar-refractivity contribution in [3.8, 4) is 5.69 Å². The van der Waals surface area contributed by atoms with Crippen molar-refractivity contribution in [1.29, 1.82) is 0 Å². The zero-order valence-electron chi connectivity index (χ0n) is 16.8. The molecular formula is C21H20F3N5O2. The Hall–Kier alpha value is -3.43. The number of hydrogen-bond acceptors (Lipinski definition) is 4. The van der Waals surface area contributed by atoms with E-state index in [0.29, 0.717) is 6.54 Å². The molecule has 31 heavy (non-hydrogen) atoms. The predicted molar refractivity (Wildman–Crippen MR) is 107 cm³/mol. The molecule has 0 aliphatic heterocycles. The second kappa shape index (κ2) is 8.01. The third-order valence-electron chi connectivity index (χ3n) is 5.26. The summed E-state index contributed by atoms with van der Waals surface area (Å²) in [5.41, 5.74) is -0.0804. The fourth-order valence-corrected chi connectivity index (χ4v) is 3.73. The fourth-order valence-electron chi connectivity index (χ4n) is 3.73. The number of fused-ring (bicyclic) bond motifs is 1. The number of rotatable bonds is 5. The molecule has 0 N–H and O–H groups in total. The molecule has 0 saturated carbocycles. The number of amides is 1. The Balaban J connectivity index is 1.66. The van der Waals surface area contributed by atoms with Crippen LogP contribution in [-0.2, 0) is 17.5 Å². The highest BCUT2D eigenvalue weighted by molar-refractivity contribution is 5.79. The molecule has 2 heterocycles. The van der Waals surface area contributed by atoms with E-state index in [0.717, 1.165) is 37.1 Å². The standard InChI is InChI=1S/C21H20F3N5O2/c1-2-28(15-7-3-4-8-15)18(30)12-27-13-25-19-17(20(27)31)11-26-29(19)16-9-5-6-14(10-16)21(22,23)24/h5-7,9-11,13H,2-4,8,12H2,1H3. The van der Waals surface area contributed by atoms with Gasteiger partial charge in [0.05, 0.1) is 17.4 Å². The van der Waals surface area contributed by atoms with E-state index in [1.165, 1.54) is 33.9 Å². The zero-order valence-corrected chi connectivity index (χ0v) is 16.8. The number of aromatic nitrogens is 4. The first-order valence-corrected chi connectivity index (χ1v) is 9.90. The van der Waals surface area contributed by atoms with E-state index in [1.54, 1.807) is 4.90 Å². The molecule has 162 valence electrons. The lowest BCUT2D eigenvalue weighted by molar-refractivity contribution is -0.137. The van der Waals surface area contributed by atoms with Gasteiger partial charge in [-0.2, -0.15) is 18.3 Å². The zero-order chi connectivity index (χ0) is 22.2. The molecule has 0 spiro atoms. The summed E-state index contributed by atoms with van der Waals surface area (Å²) >= 11 is 0. The van der Waals surface area contributed by atoms with Crippen molar-refractivity contribution in [3.63, 3.8) is 0 Å². The first kappa shape index (κ1) is 20.8. The van der Waals surface area contributed by atoms with Gasteiger partial charge in [0.2, 0.25) is 5.91 Å². The Kier molecular flexibility index (Phi) is 5.38. The fraction of sp³-hybridized carbons (Fsp3) is 0.333. The maximum absolute atomic E-state index is 13.0. The number of allylic oxidation sites excluding steroid dienone is 2. The number of likely N-dealkylation sites (N-methyl/N-ethyl adjacent to an activating group) is 1. The molecule has 1 aliphatic carbocycles. The molecule has 1 aromatic carbocycles. The third kappa shape index (κ3) is 3.97. The summed E-state index contributed by atoms with van der Waals surface area (Å²) in [6, 6.07) is 4.62. The van der Waals surface area contributed by atoms with Crippen LogP contribution in [0.3, 0.4) is 0 Å². The van der Waals surface area contributed by atoms with Crippen LogP contribution in [0.4, 0.5) is 13.2 Å². The average Bonchev–Trinajstić information content (AvgIpc) is 3.41. The van der Waals surface area contributed by atoms with E-state index in [4.69, 9.17) is 0 Å². The van der Waals surface area contributed by atoms with Crippen molar-refractivity contribution >= 4 is 16.9 Å². The van der Waals surface area contributed by atoms with Crippen LogP contribution < -0.4 is 5.56 Å². The minimum absolute atomic E-state index is 0.121. The van der Waals surface area contributed by atoms with E-state index in [1.807, 2.05) is 13.0 Å². The van der Waals surface area contributed by atoms with E-state index in [2.05, 4.69) is 10.1 Å². The van der Waals surface area contributed by atoms with Crippen molar-refractivity contribution < 1.29 is 18.0 Å². The number of nitrogens with zero attached hydrogens (tertiary/aromatic N) is 5. The largest absolute Gasteiger partial charge is 0.416 e. The average molecular weight is 431 g/mol. The normalized spacial score (nSPS) is 14.1. The van der Waals surface area contributed by atoms with Gasteiger partial charge in [-0.25, -0.2) is 9.67 Å². The number of alkyl halides is 3. The molecule has 10 heteroatoms. The van der Waals surface area contributed by atoms with Crippen molar-refractivity contribution in [3.05, 3.63) is 64.5 Å². The number of hydrogen-bond donors (Lipinski definition) is 0. The van der Waals surface area contributed by atoms with Gasteiger partial charge >= 0.3 is 6.18 Å². The van der Waals surface area contributed by atoms with Crippen LogP contribution in [0.1, 0.15) is 31.7 Å². The Morgan fingerprint density at radius 2 is 2.10 bits per heavy atom. The summed E-state index contributed by atoms with van der Waals surface area (Å²) < 4.78 is 41.5. The van der Waals surface area contributed by atoms with E-state index in [-0.39, 0.29) is 29.2 Å². The van der Waals surface area contributed by atoms with Crippen molar-refractivity contribution in [2.45, 2.75) is 38.9 Å². The monoisotopic (exact) mass is 431 g/mol. The highest BCUT2D eigenvalue weighted by Crippen LogP contribution is 2.30. The summed E-state index contributed by atoms with van der Waals surface area (Å²) in [4.78, 5) is 31.5. The molecule has 1 amide bonds. The maximum Gasteiger partial charge on any atom is 0.416 e. The molecule has 3 aromatic rings. The molecule has 0 bridgehead atoms. The van der Waals surface area contributed by atoms with Crippen LogP contribution >= 0.6 is 0 Å². The van der Waals surface area contributed by atoms with Gasteiger partial charge in [0.15, 0.2) is 5.65 Å². The number of carbonyl (C=O) groups is 1. The first-order valence-electron chi connectivity index (χ1n) is 9.90. The lowest BCUT2D eigenvalue weighted by Gasteiger charge is -2.22. The number of carbonyl (C=O) groups excluding carboxylic acids is 1. The van der Waals surface area contributed by atoms with Crippen molar-refractivity contribution in [2.24, 2.45) is 0 Å². The van der Waals surface area contributed by atoms with E-state index in [9.17, 15) is 22.8 Å². The molecule has 2 aromatic heterocycles. The molecule has 0 fully saturated rings. The number of halogens is 3. The van der Waals surface area contributed by atoms with Gasteiger partial charge < -0.3 is 4.90 Å². The van der Waals surface area contributed by atoms with Crippen molar-refractivity contribution in [1.82, 2.24) is 24.2 Å². The minimum atomic E-state index is -4.50. The predicted octanol–water partition coefficient (Wildman–Crippen LogP) is 3.52. The van der Waals surface area contributed by atoms with Crippen LogP contribution in [0.5, 0.6) is 0 Å². The summed E-state index contributed by atoms with van der Waals surface area (Å²) in [5, 5.41) is 4.17. The smallest absolute Gasteiger partial charge is 0.315 e. The van der Waals surface area contributed by atoms with Crippen LogP contribution in [0.25, 0.3) is 16.7 Å². The van der Waals surface area contributed by atoms with Gasteiger partial charge in [-0.15, -0.1) is 0 Å². The van der Waals surface area contributed by atoms with Crippen LogP contribution in [-0.4, -0.2) is 36.7 Å². The Morgan fingerprint density at radius 1 is 1.29 bits per heavy atom. The van der Waals surface area contributed by atoms with Crippen LogP contribution in [0.15, 0.2) is 53.4 Å². The molecular weight excluding hydrogens is 411 g/mol. The van der Waals surface area contributed by atoms with Crippen molar-refractivity contribution in [2.75, 3.05) is 6.54 Å². The number of benzene rings is 1. The summed E-state index contributed by atoms with van der Waals surface area (Å²) in [5.74, 6) is -0.218. The molecule has 0 atom stereocenters. The molecule has 1 aliphatic rings. The van der Waals surface area contributed by atoms with Gasteiger partial charge in [0, 0.05) is 12.2 Å². The second-order valence-electron chi connectivity index (χ2n) is 7.25. The molecule has 0 unspecified atom stereocenters. The molecule has 0 radical (unpaired) electrons. The second-order valence-corrected chi connectivity index (χ2v) is 7.25. The van der Waals surface area contributed by atoms with Gasteiger partial charge in [0.1, 0.15) is 18.3 Å². The summed E-state index contributed by atoms with van der Waals surface area (Å²) in [7, 11) is 0. The minimum Gasteiger partial charge on any atom is -0.315 e. The highest BCUT2D eigenvalue weighted by atomic mass is 19.4. The van der Waals surface area contributed by atoms with Gasteiger partial charge in [-0.3, -0.25) is 14.2 Å². The Labute approximate surface area is 175 Å². The topological polar surface area (TPSA) is 73.0 Å². The quantitative estimate of drug-likeness (QED) is 0.620. The summed E-state index contributed by atoms with van der Waals surface area (Å²) in [6.45, 7) is 2.20. The lowest BCUT2D eigenvalue weighted by atomic mass is 10.2. The Bertz CT molecular complexity index is 1230. The lowest BCUT2D eigenvalue weighted by Crippen LogP contribution is -2.35. The first-order chi connectivity index (χ1) is 14.8. The Morgan fingerprint density at radius 3 is 2.77 bits per heavy atom.